The van der Waals surface area contributed by atoms with Gasteiger partial charge in [0.15, 0.2) is 0 Å². The minimum absolute atomic E-state index is 0.578. The Morgan fingerprint density at radius 2 is 0.935 bits per heavy atom. The first-order valence-electron chi connectivity index (χ1n) is 15.9. The Labute approximate surface area is 269 Å². The molecule has 0 fully saturated rings. The molecule has 8 aromatic carbocycles. The Balaban J connectivity index is 1.48. The first-order chi connectivity index (χ1) is 22.7. The minimum Gasteiger partial charge on any atom is -0.399 e. The third-order valence-electron chi connectivity index (χ3n) is 9.86. The molecule has 1 aliphatic carbocycles. The van der Waals surface area contributed by atoms with Gasteiger partial charge in [-0.15, -0.1) is 0 Å². The van der Waals surface area contributed by atoms with E-state index >= 15 is 0 Å². The lowest BCUT2D eigenvalue weighted by molar-refractivity contribution is 0.776. The quantitative estimate of drug-likeness (QED) is 0.161. The van der Waals surface area contributed by atoms with Gasteiger partial charge in [-0.25, -0.2) is 0 Å². The van der Waals surface area contributed by atoms with E-state index in [2.05, 4.69) is 176 Å². The summed E-state index contributed by atoms with van der Waals surface area (Å²) < 4.78 is 0. The van der Waals surface area contributed by atoms with Crippen molar-refractivity contribution in [1.82, 2.24) is 0 Å². The van der Waals surface area contributed by atoms with Crippen molar-refractivity contribution in [1.29, 1.82) is 0 Å². The Morgan fingerprint density at radius 1 is 0.391 bits per heavy atom. The van der Waals surface area contributed by atoms with Crippen molar-refractivity contribution in [2.75, 3.05) is 5.73 Å². The van der Waals surface area contributed by atoms with Crippen LogP contribution in [-0.4, -0.2) is 0 Å². The summed E-state index contributed by atoms with van der Waals surface area (Å²) >= 11 is 0. The largest absolute Gasteiger partial charge is 0.399 e. The molecule has 46 heavy (non-hydrogen) atoms. The third-order valence-corrected chi connectivity index (χ3v) is 9.86. The van der Waals surface area contributed by atoms with Crippen LogP contribution in [0.5, 0.6) is 0 Å². The summed E-state index contributed by atoms with van der Waals surface area (Å²) in [6.07, 6.45) is 0. The monoisotopic (exact) mass is 585 g/mol. The number of nitrogens with two attached hydrogens (primary N) is 1. The summed E-state index contributed by atoms with van der Waals surface area (Å²) in [5.41, 5.74) is 19.3. The Bertz CT molecular complexity index is 2350. The number of fused-ring (bicyclic) bond motifs is 8. The van der Waals surface area contributed by atoms with Gasteiger partial charge < -0.3 is 5.73 Å². The molecule has 0 amide bonds. The van der Waals surface area contributed by atoms with Gasteiger partial charge in [0.2, 0.25) is 0 Å². The van der Waals surface area contributed by atoms with Crippen LogP contribution in [0.4, 0.5) is 5.69 Å². The Hall–Kier alpha value is -5.92. The van der Waals surface area contributed by atoms with E-state index in [0.29, 0.717) is 0 Å². The Kier molecular flexibility index (Phi) is 5.94. The highest BCUT2D eigenvalue weighted by Gasteiger charge is 2.48. The molecule has 0 saturated heterocycles. The topological polar surface area (TPSA) is 26.0 Å². The molecule has 216 valence electrons. The van der Waals surface area contributed by atoms with E-state index in [-0.39, 0.29) is 0 Å². The van der Waals surface area contributed by atoms with Crippen molar-refractivity contribution < 1.29 is 0 Å². The average molecular weight is 586 g/mol. The number of hydrogen-bond acceptors (Lipinski definition) is 1. The second-order valence-corrected chi connectivity index (χ2v) is 12.3. The highest BCUT2D eigenvalue weighted by molar-refractivity contribution is 6.22. The van der Waals surface area contributed by atoms with Crippen molar-refractivity contribution in [2.45, 2.75) is 5.41 Å². The van der Waals surface area contributed by atoms with E-state index in [1.165, 1.54) is 77.2 Å². The van der Waals surface area contributed by atoms with Crippen LogP contribution in [-0.2, 0) is 5.41 Å². The molecule has 1 aliphatic rings. The van der Waals surface area contributed by atoms with Crippen molar-refractivity contribution in [2.24, 2.45) is 0 Å². The molecule has 0 bridgehead atoms. The van der Waals surface area contributed by atoms with Crippen LogP contribution < -0.4 is 5.73 Å². The molecule has 0 radical (unpaired) electrons. The number of nitrogen functional groups attached to an aromatic ring is 1. The lowest BCUT2D eigenvalue weighted by Crippen LogP contribution is -2.29. The zero-order valence-electron chi connectivity index (χ0n) is 25.3. The number of rotatable bonds is 4. The van der Waals surface area contributed by atoms with Gasteiger partial charge in [0.25, 0.3) is 0 Å². The standard InChI is InChI=1S/C45H31N/c46-35-27-28-40-41(29-35)45(33-15-6-2-7-16-33,34-17-8-3-9-18-34)44-42-36(32-25-23-31(24-26-32)30-13-4-1-5-14-30)21-12-22-39(42)37-19-10-11-20-38(37)43(40)44/h1-29H,46H2. The van der Waals surface area contributed by atoms with E-state index in [1.54, 1.807) is 0 Å². The second kappa shape index (κ2) is 10.3. The van der Waals surface area contributed by atoms with Crippen molar-refractivity contribution in [3.8, 4) is 33.4 Å². The van der Waals surface area contributed by atoms with Gasteiger partial charge in [0.1, 0.15) is 0 Å². The minimum atomic E-state index is -0.578. The summed E-state index contributed by atoms with van der Waals surface area (Å²) in [6, 6.07) is 63.9. The van der Waals surface area contributed by atoms with Gasteiger partial charge in [-0.1, -0.05) is 164 Å². The van der Waals surface area contributed by atoms with E-state index in [0.717, 1.165) is 5.69 Å². The smallest absolute Gasteiger partial charge is 0.0720 e. The molecule has 0 aromatic heterocycles. The van der Waals surface area contributed by atoms with E-state index in [9.17, 15) is 0 Å². The summed E-state index contributed by atoms with van der Waals surface area (Å²) in [5, 5.41) is 5.07. The summed E-state index contributed by atoms with van der Waals surface area (Å²) in [5.74, 6) is 0. The van der Waals surface area contributed by atoms with Crippen LogP contribution in [0.25, 0.3) is 54.9 Å². The number of anilines is 1. The normalized spacial score (nSPS) is 13.0. The fourth-order valence-corrected chi connectivity index (χ4v) is 7.98. The first kappa shape index (κ1) is 26.5. The molecule has 0 aliphatic heterocycles. The molecule has 0 spiro atoms. The molecule has 1 heteroatoms. The van der Waals surface area contributed by atoms with Gasteiger partial charge in [0.05, 0.1) is 5.41 Å². The van der Waals surface area contributed by atoms with E-state index in [4.69, 9.17) is 5.73 Å². The van der Waals surface area contributed by atoms with Crippen LogP contribution in [0.3, 0.4) is 0 Å². The average Bonchev–Trinajstić information content (AvgIpc) is 3.44. The van der Waals surface area contributed by atoms with Crippen LogP contribution in [0.1, 0.15) is 22.3 Å². The predicted molar refractivity (Wildman–Crippen MR) is 194 cm³/mol. The summed E-state index contributed by atoms with van der Waals surface area (Å²) in [7, 11) is 0. The van der Waals surface area contributed by atoms with Crippen LogP contribution >= 0.6 is 0 Å². The molecule has 1 nitrogen and oxygen atoms in total. The molecular weight excluding hydrogens is 555 g/mol. The molecular formula is C45H31N. The highest BCUT2D eigenvalue weighted by Crippen LogP contribution is 2.61. The van der Waals surface area contributed by atoms with Gasteiger partial charge >= 0.3 is 0 Å². The fraction of sp³-hybridized carbons (Fsp3) is 0.0222. The molecule has 0 unspecified atom stereocenters. The van der Waals surface area contributed by atoms with Gasteiger partial charge in [-0.05, 0) is 89.3 Å². The zero-order chi connectivity index (χ0) is 30.7. The van der Waals surface area contributed by atoms with Crippen molar-refractivity contribution in [3.05, 3.63) is 198 Å². The summed E-state index contributed by atoms with van der Waals surface area (Å²) in [4.78, 5) is 0. The maximum absolute atomic E-state index is 6.65. The summed E-state index contributed by atoms with van der Waals surface area (Å²) in [6.45, 7) is 0. The van der Waals surface area contributed by atoms with Gasteiger partial charge in [0, 0.05) is 5.69 Å². The fourth-order valence-electron chi connectivity index (χ4n) is 7.98. The van der Waals surface area contributed by atoms with E-state index in [1.807, 2.05) is 0 Å². The maximum atomic E-state index is 6.65. The molecule has 9 rings (SSSR count). The predicted octanol–water partition coefficient (Wildman–Crippen LogP) is 11.3. The lowest BCUT2D eigenvalue weighted by Gasteiger charge is -2.35. The van der Waals surface area contributed by atoms with Crippen LogP contribution in [0, 0.1) is 0 Å². The number of hydrogen-bond donors (Lipinski definition) is 1. The van der Waals surface area contributed by atoms with Crippen LogP contribution in [0.15, 0.2) is 176 Å². The van der Waals surface area contributed by atoms with Gasteiger partial charge in [-0.3, -0.25) is 0 Å². The van der Waals surface area contributed by atoms with Gasteiger partial charge in [-0.2, -0.15) is 0 Å². The second-order valence-electron chi connectivity index (χ2n) is 12.3. The molecule has 8 aromatic rings. The van der Waals surface area contributed by atoms with Crippen molar-refractivity contribution in [3.63, 3.8) is 0 Å². The number of benzene rings is 8. The lowest BCUT2D eigenvalue weighted by atomic mass is 9.66. The molecule has 2 N–H and O–H groups in total. The molecule has 0 saturated carbocycles. The van der Waals surface area contributed by atoms with E-state index < -0.39 is 5.41 Å². The van der Waals surface area contributed by atoms with Crippen LogP contribution in [0.2, 0.25) is 0 Å². The molecule has 0 heterocycles. The Morgan fingerprint density at radius 3 is 1.61 bits per heavy atom. The first-order valence-corrected chi connectivity index (χ1v) is 15.9. The SMILES string of the molecule is Nc1ccc2c(c1)C(c1ccccc1)(c1ccccc1)c1c-2c2ccccc2c2cccc(-c3ccc(-c4ccccc4)cc3)c12. The zero-order valence-corrected chi connectivity index (χ0v) is 25.3. The third kappa shape index (κ3) is 3.76. The van der Waals surface area contributed by atoms with Crippen molar-refractivity contribution >= 4 is 27.2 Å². The molecule has 0 atom stereocenters. The highest BCUT2D eigenvalue weighted by atomic mass is 14.6. The maximum Gasteiger partial charge on any atom is 0.0720 e.